The summed E-state index contributed by atoms with van der Waals surface area (Å²) in [6.45, 7) is 9.40. The Balaban J connectivity index is 1.80. The molecule has 2 aliphatic heterocycles. The third-order valence-corrected chi connectivity index (χ3v) is 11.6. The first kappa shape index (κ1) is 19.5. The van der Waals surface area contributed by atoms with Gasteiger partial charge in [-0.25, -0.2) is 0 Å². The Bertz CT molecular complexity index is 821. The van der Waals surface area contributed by atoms with Gasteiger partial charge in [0.1, 0.15) is 0 Å². The maximum absolute atomic E-state index is 6.09. The average Bonchev–Trinajstić information content (AvgIpc) is 3.26. The van der Waals surface area contributed by atoms with Gasteiger partial charge in [-0.1, -0.05) is 81.4 Å². The van der Waals surface area contributed by atoms with Crippen molar-refractivity contribution in [2.45, 2.75) is 32.1 Å². The van der Waals surface area contributed by atoms with Crippen LogP contribution in [0.1, 0.15) is 20.8 Å². The molecular weight excluding hydrogens is 361 g/mol. The number of quaternary nitrogens is 1. The molecule has 2 fully saturated rings. The quantitative estimate of drug-likeness (QED) is 0.633. The molecule has 2 aromatic rings. The lowest BCUT2D eigenvalue weighted by Gasteiger charge is -2.40. The molecule has 0 saturated carbocycles. The molecule has 0 amide bonds. The molecule has 5 heteroatoms. The van der Waals surface area contributed by atoms with Crippen LogP contribution in [0, 0.1) is 11.5 Å². The lowest BCUT2D eigenvalue weighted by atomic mass is 9.68. The van der Waals surface area contributed by atoms with Crippen LogP contribution in [0.3, 0.4) is 0 Å². The topological polar surface area (TPSA) is 22.9 Å². The minimum atomic E-state index is -2.34. The molecule has 0 unspecified atom stereocenters. The van der Waals surface area contributed by atoms with E-state index in [1.807, 2.05) is 0 Å². The van der Waals surface area contributed by atoms with E-state index in [0.717, 1.165) is 26.3 Å². The second kappa shape index (κ2) is 7.53. The van der Waals surface area contributed by atoms with Crippen molar-refractivity contribution >= 4 is 25.1 Å². The van der Waals surface area contributed by atoms with E-state index in [-0.39, 0.29) is 5.04 Å². The predicted octanol–water partition coefficient (Wildman–Crippen LogP) is 1.48. The third-order valence-electron chi connectivity index (χ3n) is 6.43. The first-order chi connectivity index (χ1) is 13.5. The van der Waals surface area contributed by atoms with Crippen LogP contribution in [-0.2, 0) is 9.31 Å². The van der Waals surface area contributed by atoms with E-state index in [9.17, 15) is 0 Å². The van der Waals surface area contributed by atoms with Gasteiger partial charge in [-0.2, -0.15) is 0 Å². The van der Waals surface area contributed by atoms with E-state index < -0.39 is 14.8 Å². The summed E-state index contributed by atoms with van der Waals surface area (Å²) < 4.78 is 12.2. The molecule has 0 aromatic heterocycles. The Morgan fingerprint density at radius 1 is 0.893 bits per heavy atom. The van der Waals surface area contributed by atoms with Crippen molar-refractivity contribution in [2.75, 3.05) is 26.3 Å². The van der Waals surface area contributed by atoms with Crippen molar-refractivity contribution in [1.29, 1.82) is 0 Å². The largest absolute Gasteiger partial charge is 0.509 e. The molecule has 2 heterocycles. The molecule has 2 aliphatic rings. The summed E-state index contributed by atoms with van der Waals surface area (Å²) in [6, 6.07) is 21.8. The van der Waals surface area contributed by atoms with E-state index in [0.29, 0.717) is 6.32 Å². The Labute approximate surface area is 170 Å². The van der Waals surface area contributed by atoms with Crippen molar-refractivity contribution in [1.82, 2.24) is 0 Å². The van der Waals surface area contributed by atoms with Crippen molar-refractivity contribution in [2.24, 2.45) is 0 Å². The van der Waals surface area contributed by atoms with Crippen LogP contribution in [0.5, 0.6) is 0 Å². The second-order valence-electron chi connectivity index (χ2n) is 9.01. The van der Waals surface area contributed by atoms with Gasteiger partial charge in [-0.15, -0.1) is 11.5 Å². The van der Waals surface area contributed by atoms with Crippen LogP contribution < -0.4 is 15.2 Å². The molecule has 1 N–H and O–H groups in total. The minimum Gasteiger partial charge on any atom is -0.509 e. The summed E-state index contributed by atoms with van der Waals surface area (Å²) in [4.78, 5) is 1.46. The lowest BCUT2D eigenvalue weighted by molar-refractivity contribution is -0.783. The van der Waals surface area contributed by atoms with Gasteiger partial charge in [0.15, 0.2) is 0 Å². The second-order valence-corrected chi connectivity index (χ2v) is 13.4. The van der Waals surface area contributed by atoms with Gasteiger partial charge >= 0.3 is 6.69 Å². The zero-order valence-electron chi connectivity index (χ0n) is 17.2. The Kier molecular flexibility index (Phi) is 5.24. The SMILES string of the molecule is CC(C)(C)[Si](C#CC[B-]12OCC[NH+]1CCO2)(c1ccccc1)c1ccccc1. The molecule has 3 nitrogen and oxygen atoms in total. The third kappa shape index (κ3) is 3.25. The van der Waals surface area contributed by atoms with Gasteiger partial charge < -0.3 is 14.1 Å². The smallest absolute Gasteiger partial charge is 0.482 e. The molecule has 0 atom stereocenters. The summed E-state index contributed by atoms with van der Waals surface area (Å²) in [5.74, 6) is 3.60. The van der Waals surface area contributed by atoms with E-state index in [1.54, 1.807) is 0 Å². The number of nitrogens with one attached hydrogen (secondary N) is 1. The highest BCUT2D eigenvalue weighted by Gasteiger charge is 2.50. The molecular formula is C23H30BNO2Si. The fourth-order valence-electron chi connectivity index (χ4n) is 4.93. The highest BCUT2D eigenvalue weighted by molar-refractivity contribution is 7.10. The van der Waals surface area contributed by atoms with E-state index in [2.05, 4.69) is 92.9 Å². The standard InChI is InChI=1S/C23H30BNO2Si/c1-23(2,3)28(21-11-6-4-7-12-21,22-13-8-5-9-14-22)20-10-15-24-25(16-18-26-24)17-19-27-24/h4-9,11-14,25H,15-19H2,1-3H3. The van der Waals surface area contributed by atoms with E-state index >= 15 is 0 Å². The van der Waals surface area contributed by atoms with Crippen LogP contribution in [0.4, 0.5) is 0 Å². The number of fused-ring (bicyclic) bond motifs is 1. The van der Waals surface area contributed by atoms with Gasteiger partial charge in [0.2, 0.25) is 8.07 Å². The van der Waals surface area contributed by atoms with Crippen LogP contribution in [-0.4, -0.2) is 41.1 Å². The number of hydrogen-bond acceptors (Lipinski definition) is 2. The van der Waals surface area contributed by atoms with Crippen LogP contribution in [0.15, 0.2) is 60.7 Å². The van der Waals surface area contributed by atoms with Crippen molar-refractivity contribution in [3.8, 4) is 11.5 Å². The summed E-state index contributed by atoms with van der Waals surface area (Å²) in [5.41, 5.74) is 3.87. The van der Waals surface area contributed by atoms with Gasteiger partial charge in [0, 0.05) is 6.32 Å². The molecule has 0 radical (unpaired) electrons. The van der Waals surface area contributed by atoms with Gasteiger partial charge in [0.05, 0.1) is 26.3 Å². The zero-order valence-corrected chi connectivity index (χ0v) is 18.2. The number of hydrogen-bond donors (Lipinski definition) is 1. The normalized spacial score (nSPS) is 24.5. The molecule has 0 spiro atoms. The molecule has 0 bridgehead atoms. The van der Waals surface area contributed by atoms with E-state index in [1.165, 1.54) is 15.2 Å². The lowest BCUT2D eigenvalue weighted by Crippen LogP contribution is -3.19. The zero-order chi connectivity index (χ0) is 19.7. The Hall–Kier alpha value is -1.84. The maximum Gasteiger partial charge on any atom is 0.482 e. The van der Waals surface area contributed by atoms with Crippen LogP contribution in [0.2, 0.25) is 11.4 Å². The summed E-state index contributed by atoms with van der Waals surface area (Å²) in [6.07, 6.45) is 0.694. The highest BCUT2D eigenvalue weighted by Crippen LogP contribution is 2.35. The number of rotatable bonds is 3. The Morgan fingerprint density at radius 2 is 1.39 bits per heavy atom. The molecule has 28 heavy (non-hydrogen) atoms. The van der Waals surface area contributed by atoms with Crippen molar-refractivity contribution in [3.63, 3.8) is 0 Å². The van der Waals surface area contributed by atoms with Crippen LogP contribution >= 0.6 is 0 Å². The summed E-state index contributed by atoms with van der Waals surface area (Å²) in [5, 5.41) is 2.79. The molecule has 4 rings (SSSR count). The molecule has 2 aromatic carbocycles. The average molecular weight is 391 g/mol. The van der Waals surface area contributed by atoms with Crippen molar-refractivity contribution in [3.05, 3.63) is 60.7 Å². The first-order valence-electron chi connectivity index (χ1n) is 10.4. The summed E-state index contributed by atoms with van der Waals surface area (Å²) in [7, 11) is -2.34. The fraction of sp³-hybridized carbons (Fsp3) is 0.391. The van der Waals surface area contributed by atoms with Gasteiger partial charge in [0.25, 0.3) is 0 Å². The minimum absolute atomic E-state index is 0.0486. The first-order valence-corrected chi connectivity index (χ1v) is 12.4. The molecule has 2 saturated heterocycles. The van der Waals surface area contributed by atoms with Crippen molar-refractivity contribution < 1.29 is 14.1 Å². The van der Waals surface area contributed by atoms with Gasteiger partial charge in [-0.3, -0.25) is 0 Å². The highest BCUT2D eigenvalue weighted by atomic mass is 28.3. The molecule has 146 valence electrons. The fourth-order valence-corrected chi connectivity index (χ4v) is 9.41. The molecule has 0 aliphatic carbocycles. The Morgan fingerprint density at radius 3 is 1.86 bits per heavy atom. The summed E-state index contributed by atoms with van der Waals surface area (Å²) >= 11 is 0. The van der Waals surface area contributed by atoms with Gasteiger partial charge in [-0.05, 0) is 15.4 Å². The number of benzene rings is 2. The van der Waals surface area contributed by atoms with Crippen LogP contribution in [0.25, 0.3) is 0 Å². The monoisotopic (exact) mass is 391 g/mol. The van der Waals surface area contributed by atoms with E-state index in [4.69, 9.17) is 9.31 Å². The maximum atomic E-state index is 6.09. The predicted molar refractivity (Wildman–Crippen MR) is 119 cm³/mol.